The van der Waals surface area contributed by atoms with Crippen molar-refractivity contribution in [1.29, 1.82) is 0 Å². The number of hydrogen-bond donors (Lipinski definition) is 3. The van der Waals surface area contributed by atoms with Crippen LogP contribution in [0.1, 0.15) is 12.2 Å². The number of rotatable bonds is 7. The van der Waals surface area contributed by atoms with E-state index >= 15 is 0 Å². The van der Waals surface area contributed by atoms with Gasteiger partial charge < -0.3 is 15.4 Å². The van der Waals surface area contributed by atoms with Crippen molar-refractivity contribution in [1.82, 2.24) is 15.3 Å². The van der Waals surface area contributed by atoms with E-state index in [1.807, 2.05) is 0 Å². The lowest BCUT2D eigenvalue weighted by atomic mass is 10.2. The van der Waals surface area contributed by atoms with Gasteiger partial charge in [0.05, 0.1) is 13.2 Å². The number of aliphatic hydroxyl groups excluding tert-OH is 1. The molecule has 0 aliphatic carbocycles. The van der Waals surface area contributed by atoms with Crippen LogP contribution in [0.15, 0.2) is 12.4 Å². The maximum Gasteiger partial charge on any atom is 0.120 e. The largest absolute Gasteiger partial charge is 0.395 e. The summed E-state index contributed by atoms with van der Waals surface area (Å²) >= 11 is 1.79. The lowest BCUT2D eigenvalue weighted by Gasteiger charge is -2.14. The summed E-state index contributed by atoms with van der Waals surface area (Å²) in [6.07, 6.45) is 6.58. The smallest absolute Gasteiger partial charge is 0.120 e. The average Bonchev–Trinajstić information content (AvgIpc) is 2.71. The fraction of sp³-hybridized carbons (Fsp3) is 0.667. The second-order valence-electron chi connectivity index (χ2n) is 3.08. The number of thioether (sulfide) groups is 1. The summed E-state index contributed by atoms with van der Waals surface area (Å²) in [4.78, 5) is 7.11. The van der Waals surface area contributed by atoms with Crippen LogP contribution >= 0.6 is 11.8 Å². The minimum Gasteiger partial charge on any atom is -0.395 e. The summed E-state index contributed by atoms with van der Waals surface area (Å²) in [5, 5.41) is 12.3. The van der Waals surface area contributed by atoms with Gasteiger partial charge in [0.2, 0.25) is 0 Å². The molecular formula is C9H17N3OS. The van der Waals surface area contributed by atoms with Crippen molar-refractivity contribution in [2.24, 2.45) is 0 Å². The van der Waals surface area contributed by atoms with Gasteiger partial charge in [-0.25, -0.2) is 4.98 Å². The van der Waals surface area contributed by atoms with Crippen molar-refractivity contribution in [2.75, 3.05) is 18.6 Å². The van der Waals surface area contributed by atoms with Crippen LogP contribution in [0.3, 0.4) is 0 Å². The molecular weight excluding hydrogens is 198 g/mol. The van der Waals surface area contributed by atoms with Gasteiger partial charge in [0.25, 0.3) is 0 Å². The van der Waals surface area contributed by atoms with Crippen LogP contribution in [0.25, 0.3) is 0 Å². The van der Waals surface area contributed by atoms with Crippen LogP contribution in [0.2, 0.25) is 0 Å². The normalized spacial score (nSPS) is 13.0. The van der Waals surface area contributed by atoms with Gasteiger partial charge >= 0.3 is 0 Å². The molecule has 1 unspecified atom stereocenters. The zero-order valence-corrected chi connectivity index (χ0v) is 9.18. The Labute approximate surface area is 88.5 Å². The third kappa shape index (κ3) is 4.13. The molecule has 0 aliphatic heterocycles. The number of aromatic nitrogens is 2. The molecule has 5 heteroatoms. The van der Waals surface area contributed by atoms with Crippen LogP contribution in [0, 0.1) is 0 Å². The first-order valence-electron chi connectivity index (χ1n) is 4.68. The van der Waals surface area contributed by atoms with Gasteiger partial charge in [-0.1, -0.05) is 0 Å². The van der Waals surface area contributed by atoms with Crippen LogP contribution in [-0.4, -0.2) is 39.7 Å². The third-order valence-electron chi connectivity index (χ3n) is 2.00. The Balaban J connectivity index is 2.20. The number of imidazole rings is 1. The number of aromatic amines is 1. The highest BCUT2D eigenvalue weighted by Gasteiger charge is 2.06. The molecule has 1 aromatic rings. The zero-order valence-electron chi connectivity index (χ0n) is 8.36. The minimum atomic E-state index is 0.174. The molecule has 0 bridgehead atoms. The van der Waals surface area contributed by atoms with Crippen molar-refractivity contribution in [2.45, 2.75) is 19.0 Å². The molecule has 80 valence electrons. The molecule has 1 rings (SSSR count). The molecule has 4 nitrogen and oxygen atoms in total. The highest BCUT2D eigenvalue weighted by Crippen LogP contribution is 2.00. The quantitative estimate of drug-likeness (QED) is 0.624. The topological polar surface area (TPSA) is 60.9 Å². The number of nitrogens with one attached hydrogen (secondary N) is 2. The monoisotopic (exact) mass is 215 g/mol. The number of H-pyrrole nitrogens is 1. The Hall–Kier alpha value is -0.520. The van der Waals surface area contributed by atoms with E-state index < -0.39 is 0 Å². The van der Waals surface area contributed by atoms with E-state index in [2.05, 4.69) is 21.5 Å². The van der Waals surface area contributed by atoms with Crippen LogP contribution in [0.4, 0.5) is 0 Å². The predicted molar refractivity (Wildman–Crippen MR) is 59.3 cm³/mol. The summed E-state index contributed by atoms with van der Waals surface area (Å²) in [5.74, 6) is 1.98. The fourth-order valence-electron chi connectivity index (χ4n) is 1.15. The van der Waals surface area contributed by atoms with Gasteiger partial charge in [-0.3, -0.25) is 0 Å². The highest BCUT2D eigenvalue weighted by molar-refractivity contribution is 7.98. The minimum absolute atomic E-state index is 0.174. The molecule has 1 atom stereocenters. The van der Waals surface area contributed by atoms with Crippen LogP contribution in [-0.2, 0) is 6.54 Å². The van der Waals surface area contributed by atoms with Crippen molar-refractivity contribution in [3.8, 4) is 0 Å². The second kappa shape index (κ2) is 6.86. The van der Waals surface area contributed by atoms with Crippen molar-refractivity contribution >= 4 is 11.8 Å². The number of hydrogen-bond acceptors (Lipinski definition) is 4. The Bertz CT molecular complexity index is 228. The first-order valence-corrected chi connectivity index (χ1v) is 6.07. The third-order valence-corrected chi connectivity index (χ3v) is 2.65. The van der Waals surface area contributed by atoms with E-state index in [1.165, 1.54) is 0 Å². The van der Waals surface area contributed by atoms with Gasteiger partial charge in [-0.15, -0.1) is 0 Å². The van der Waals surface area contributed by atoms with Gasteiger partial charge in [-0.05, 0) is 18.4 Å². The van der Waals surface area contributed by atoms with Crippen molar-refractivity contribution in [3.63, 3.8) is 0 Å². The molecule has 0 aromatic carbocycles. The Morgan fingerprint density at radius 3 is 3.14 bits per heavy atom. The molecule has 1 aromatic heterocycles. The van der Waals surface area contributed by atoms with Crippen LogP contribution in [0.5, 0.6) is 0 Å². The molecule has 0 spiro atoms. The highest BCUT2D eigenvalue weighted by atomic mass is 32.2. The lowest BCUT2D eigenvalue weighted by molar-refractivity contribution is 0.238. The second-order valence-corrected chi connectivity index (χ2v) is 4.06. The summed E-state index contributed by atoms with van der Waals surface area (Å²) < 4.78 is 0. The van der Waals surface area contributed by atoms with Crippen LogP contribution < -0.4 is 5.32 Å². The average molecular weight is 215 g/mol. The fourth-order valence-corrected chi connectivity index (χ4v) is 1.67. The molecule has 0 saturated heterocycles. The molecule has 0 amide bonds. The molecule has 0 radical (unpaired) electrons. The van der Waals surface area contributed by atoms with E-state index in [-0.39, 0.29) is 12.6 Å². The van der Waals surface area contributed by atoms with Gasteiger partial charge in [-0.2, -0.15) is 11.8 Å². The Morgan fingerprint density at radius 1 is 1.71 bits per heavy atom. The summed E-state index contributed by atoms with van der Waals surface area (Å²) in [5.41, 5.74) is 0. The standard InChI is InChI=1S/C9H17N3OS/c1-14-5-2-8(7-13)12-6-9-10-3-4-11-9/h3-4,8,12-13H,2,5-7H2,1H3,(H,10,11). The first-order chi connectivity index (χ1) is 6.86. The maximum atomic E-state index is 9.08. The van der Waals surface area contributed by atoms with E-state index in [9.17, 15) is 0 Å². The number of aliphatic hydroxyl groups is 1. The van der Waals surface area contributed by atoms with Gasteiger partial charge in [0.1, 0.15) is 5.82 Å². The Morgan fingerprint density at radius 2 is 2.57 bits per heavy atom. The van der Waals surface area contributed by atoms with E-state index in [0.717, 1.165) is 18.0 Å². The maximum absolute atomic E-state index is 9.08. The molecule has 14 heavy (non-hydrogen) atoms. The van der Waals surface area contributed by atoms with E-state index in [0.29, 0.717) is 6.54 Å². The first kappa shape index (κ1) is 11.6. The number of nitrogens with zero attached hydrogens (tertiary/aromatic N) is 1. The predicted octanol–water partition coefficient (Wildman–Crippen LogP) is 0.613. The van der Waals surface area contributed by atoms with Crippen molar-refractivity contribution < 1.29 is 5.11 Å². The van der Waals surface area contributed by atoms with E-state index in [1.54, 1.807) is 24.2 Å². The summed E-state index contributed by atoms with van der Waals surface area (Å²) in [6.45, 7) is 0.869. The van der Waals surface area contributed by atoms with Gasteiger partial charge in [0.15, 0.2) is 0 Å². The van der Waals surface area contributed by atoms with E-state index in [4.69, 9.17) is 5.11 Å². The molecule has 0 aliphatic rings. The molecule has 1 heterocycles. The SMILES string of the molecule is CSCCC(CO)NCc1ncc[nH]1. The lowest BCUT2D eigenvalue weighted by Crippen LogP contribution is -2.32. The summed E-state index contributed by atoms with van der Waals surface area (Å²) in [6, 6.07) is 0.174. The summed E-state index contributed by atoms with van der Waals surface area (Å²) in [7, 11) is 0. The molecule has 3 N–H and O–H groups in total. The van der Waals surface area contributed by atoms with Gasteiger partial charge in [0, 0.05) is 18.4 Å². The molecule has 0 fully saturated rings. The van der Waals surface area contributed by atoms with Crippen molar-refractivity contribution in [3.05, 3.63) is 18.2 Å². The zero-order chi connectivity index (χ0) is 10.2. The molecule has 0 saturated carbocycles. The Kier molecular flexibility index (Phi) is 5.66.